The van der Waals surface area contributed by atoms with Crippen molar-refractivity contribution < 1.29 is 70.5 Å². The zero-order chi connectivity index (χ0) is 88.4. The van der Waals surface area contributed by atoms with Gasteiger partial charge < -0.3 is 40.1 Å². The topological polar surface area (TPSA) is 398 Å². The number of hydrogen-bond donors (Lipinski definition) is 5. The average molecular weight is 1680 g/mol. The number of aryl methyl sites for hydroxylation is 4. The SMILES string of the molecule is C=CCN1C(=O)c2cccc3c(NC(C)=O)ccc(c23)C1=O.CC(=O)NNC(=O)CN1CCN(Cc2ccccc2)CC1.CC(=O)Nc1ccc(CCN)cc1.COc1cc(-n2cc(C)nn2)cc(OC)c1OC.COc1ccc(Cn2cc(C)nn2)cc1.Cc1cn(-c2ccc(OC(F)(F)F)cc2)nn1.Cc1cn(Cc2ccc([N+](=O)[O-])cc2)nn1. The van der Waals surface area contributed by atoms with Crippen LogP contribution in [0.5, 0.6) is 28.7 Å². The largest absolute Gasteiger partial charge is 0.573 e. The number of nitro groups is 1. The van der Waals surface area contributed by atoms with Crippen LogP contribution in [0.25, 0.3) is 22.1 Å². The number of aromatic nitrogens is 12. The summed E-state index contributed by atoms with van der Waals surface area (Å²) in [4.78, 5) is 85.0. The second-order valence-corrected chi connectivity index (χ2v) is 27.2. The fourth-order valence-electron chi connectivity index (χ4n) is 11.9. The molecule has 0 aliphatic carbocycles. The predicted octanol–water partition coefficient (Wildman–Crippen LogP) is 11.0. The van der Waals surface area contributed by atoms with E-state index in [1.165, 1.54) is 89.5 Å². The molecule has 4 aromatic heterocycles. The summed E-state index contributed by atoms with van der Waals surface area (Å²) in [6.07, 6.45) is 4.95. The van der Waals surface area contributed by atoms with Gasteiger partial charge in [0.1, 0.15) is 11.5 Å². The number of amides is 6. The Bertz CT molecular complexity index is 5400. The summed E-state index contributed by atoms with van der Waals surface area (Å²) in [6.45, 7) is 22.3. The molecule has 6 heterocycles. The minimum Gasteiger partial charge on any atom is -0.497 e. The first-order valence-corrected chi connectivity index (χ1v) is 37.9. The van der Waals surface area contributed by atoms with Gasteiger partial charge in [0.15, 0.2) is 11.5 Å². The minimum atomic E-state index is -4.68. The number of imide groups is 1. The number of ether oxygens (including phenoxy) is 5. The second-order valence-electron chi connectivity index (χ2n) is 27.2. The number of halogens is 3. The molecule has 14 rings (SSSR count). The van der Waals surface area contributed by atoms with Crippen molar-refractivity contribution in [2.24, 2.45) is 5.73 Å². The van der Waals surface area contributed by atoms with Gasteiger partial charge in [-0.1, -0.05) is 106 Å². The van der Waals surface area contributed by atoms with E-state index >= 15 is 0 Å². The lowest BCUT2D eigenvalue weighted by molar-refractivity contribution is -0.384. The highest BCUT2D eigenvalue weighted by atomic mass is 19.4. The molecule has 122 heavy (non-hydrogen) atoms. The summed E-state index contributed by atoms with van der Waals surface area (Å²) in [5.74, 6) is 0.935. The summed E-state index contributed by atoms with van der Waals surface area (Å²) in [7, 11) is 6.39. The molecule has 6 amide bonds. The van der Waals surface area contributed by atoms with E-state index < -0.39 is 11.3 Å². The number of non-ortho nitro benzene ring substituents is 1. The van der Waals surface area contributed by atoms with E-state index in [0.29, 0.717) is 70.2 Å². The summed E-state index contributed by atoms with van der Waals surface area (Å²) >= 11 is 0. The highest BCUT2D eigenvalue weighted by molar-refractivity contribution is 6.27. The van der Waals surface area contributed by atoms with Gasteiger partial charge >= 0.3 is 6.36 Å². The quantitative estimate of drug-likeness (QED) is 0.0182. The number of nitrogens with two attached hydrogens (primary N) is 1. The number of nitrogens with one attached hydrogen (secondary N) is 4. The van der Waals surface area contributed by atoms with Crippen molar-refractivity contribution >= 4 is 63.3 Å². The van der Waals surface area contributed by atoms with Crippen molar-refractivity contribution in [3.8, 4) is 40.1 Å². The Balaban J connectivity index is 0.000000178. The highest BCUT2D eigenvalue weighted by Gasteiger charge is 2.33. The molecule has 0 spiro atoms. The lowest BCUT2D eigenvalue weighted by Crippen LogP contribution is -2.51. The third-order valence-corrected chi connectivity index (χ3v) is 17.5. The van der Waals surface area contributed by atoms with Gasteiger partial charge in [0, 0.05) is 130 Å². The Kier molecular flexibility index (Phi) is 35.0. The van der Waals surface area contributed by atoms with E-state index in [2.05, 4.69) is 108 Å². The van der Waals surface area contributed by atoms with Gasteiger partial charge in [-0.25, -0.2) is 18.7 Å². The number of nitrogens with zero attached hydrogens (tertiary/aromatic N) is 16. The average Bonchev–Trinajstić information content (AvgIpc) is 1.74. The molecule has 0 atom stereocenters. The van der Waals surface area contributed by atoms with Gasteiger partial charge in [0.05, 0.1) is 99.5 Å². The number of carbonyl (C=O) groups excluding carboxylic acids is 6. The van der Waals surface area contributed by atoms with Crippen molar-refractivity contribution in [2.45, 2.75) is 80.9 Å². The smallest absolute Gasteiger partial charge is 0.497 e. The van der Waals surface area contributed by atoms with E-state index in [0.717, 1.165) is 91.2 Å². The van der Waals surface area contributed by atoms with Crippen LogP contribution in [-0.4, -0.2) is 196 Å². The number of hydrogen-bond acceptors (Lipinski definition) is 24. The number of nitro benzene ring substituents is 1. The minimum absolute atomic E-state index is 0.0495. The molecule has 640 valence electrons. The zero-order valence-corrected chi connectivity index (χ0v) is 69.2. The molecule has 8 aromatic carbocycles. The number of alkyl halides is 3. The summed E-state index contributed by atoms with van der Waals surface area (Å²) in [5, 5.41) is 48.4. The van der Waals surface area contributed by atoms with Gasteiger partial charge in [-0.15, -0.1) is 40.1 Å². The van der Waals surface area contributed by atoms with E-state index in [1.54, 1.807) is 93.4 Å². The fraction of sp³-hybridized carbons (Fsp3) is 0.271. The number of piperazine rings is 1. The van der Waals surface area contributed by atoms with Crippen LogP contribution in [-0.2, 0) is 45.2 Å². The number of hydrazine groups is 1. The van der Waals surface area contributed by atoms with Crippen molar-refractivity contribution in [2.75, 3.05) is 84.9 Å². The van der Waals surface area contributed by atoms with E-state index in [1.807, 2.05) is 111 Å². The van der Waals surface area contributed by atoms with Gasteiger partial charge in [-0.3, -0.25) is 64.4 Å². The molecule has 12 aromatic rings. The standard InChI is InChI=1S/C17H14N2O3.C15H22N4O2.C12H15N3O3.C11H13N3O.C10H8F3N3O.C10H10N4O2.C10H14N2O/c1-3-9-19-16(21)12-6-4-5-11-14(18-10(2)20)8-7-13(15(11)12)17(19)22;1-13(20)16-17-15(21)12-19-9-7-18(8-10-19)11-14-5-3-2-4-6-14;1-8-7-15(14-13-8)9-5-10(16-2)12(18-4)11(6-9)17-3;1-9-7-14(13-12-9)8-10-3-5-11(15-2)6-4-10;1-7-6-16(15-14-7)8-2-4-9(5-3-8)17-10(11,12)13;1-8-6-13(12-11-8)7-9-2-4-10(5-3-9)14(15)16;1-8(13)12-10-4-2-9(3-5-10)6-7-11/h3-8H,1,9H2,2H3,(H,18,20);2-6H,7-12H2,1H3,(H,16,20)(H,17,21);5-7H,1-4H3;3-7H,8H2,1-2H3;2-6H,1H3;2-6H,7H2,1H3;2-5H,6-7,11H2,1H3,(H,12,13). The van der Waals surface area contributed by atoms with Crippen molar-refractivity contribution in [3.05, 3.63) is 274 Å². The zero-order valence-electron chi connectivity index (χ0n) is 69.2. The molecule has 1 fully saturated rings. The second kappa shape index (κ2) is 45.9. The van der Waals surface area contributed by atoms with Crippen LogP contribution in [0.1, 0.15) is 86.5 Å². The van der Waals surface area contributed by atoms with Crippen molar-refractivity contribution in [3.63, 3.8) is 0 Å². The summed E-state index contributed by atoms with van der Waals surface area (Å²) < 4.78 is 67.0. The normalized spacial score (nSPS) is 12.0. The van der Waals surface area contributed by atoms with Gasteiger partial charge in [0.2, 0.25) is 23.5 Å². The molecule has 34 nitrogen and oxygen atoms in total. The van der Waals surface area contributed by atoms with E-state index in [4.69, 9.17) is 24.7 Å². The maximum atomic E-state index is 12.5. The predicted molar refractivity (Wildman–Crippen MR) is 450 cm³/mol. The number of anilines is 2. The molecule has 0 radical (unpaired) electrons. The fourth-order valence-corrected chi connectivity index (χ4v) is 11.9. The van der Waals surface area contributed by atoms with Crippen LogP contribution in [0.15, 0.2) is 207 Å². The molecular formula is C85H96F3N21O13. The Morgan fingerprint density at radius 2 is 1.04 bits per heavy atom. The third kappa shape index (κ3) is 29.2. The monoisotopic (exact) mass is 1680 g/mol. The molecule has 1 saturated heterocycles. The van der Waals surface area contributed by atoms with Crippen LogP contribution in [0.2, 0.25) is 0 Å². The van der Waals surface area contributed by atoms with E-state index in [9.17, 15) is 52.1 Å². The van der Waals surface area contributed by atoms with Crippen LogP contribution in [0, 0.1) is 37.8 Å². The molecule has 0 bridgehead atoms. The van der Waals surface area contributed by atoms with Crippen LogP contribution < -0.4 is 50.9 Å². The number of rotatable bonds is 22. The highest BCUT2D eigenvalue weighted by Crippen LogP contribution is 2.39. The third-order valence-electron chi connectivity index (χ3n) is 17.5. The number of benzene rings is 8. The number of carbonyl (C=O) groups is 6. The van der Waals surface area contributed by atoms with E-state index in [-0.39, 0.29) is 53.4 Å². The molecule has 6 N–H and O–H groups in total. The maximum absolute atomic E-state index is 12.5. The lowest BCUT2D eigenvalue weighted by Gasteiger charge is -2.34. The van der Waals surface area contributed by atoms with Gasteiger partial charge in [-0.05, 0) is 130 Å². The Hall–Kier alpha value is -14.6. The van der Waals surface area contributed by atoms with Crippen molar-refractivity contribution in [1.82, 2.24) is 85.5 Å². The molecular weight excluding hydrogens is 1580 g/mol. The Labute approximate surface area is 701 Å². The first-order chi connectivity index (χ1) is 58.4. The van der Waals surface area contributed by atoms with Gasteiger partial charge in [0.25, 0.3) is 23.4 Å². The molecule has 0 saturated carbocycles. The molecule has 2 aliphatic rings. The summed E-state index contributed by atoms with van der Waals surface area (Å²) in [5.41, 5.74) is 21.9. The first kappa shape index (κ1) is 92.9. The molecule has 0 unspecified atom stereocenters. The first-order valence-electron chi connectivity index (χ1n) is 37.9. The Morgan fingerprint density at radius 3 is 1.51 bits per heavy atom. The Morgan fingerprint density at radius 1 is 0.541 bits per heavy atom. The van der Waals surface area contributed by atoms with Crippen LogP contribution in [0.4, 0.5) is 30.2 Å². The number of methoxy groups -OCH3 is 4. The van der Waals surface area contributed by atoms with Crippen molar-refractivity contribution in [1.29, 1.82) is 0 Å². The lowest BCUT2D eigenvalue weighted by atomic mass is 9.93. The molecule has 37 heteroatoms. The maximum Gasteiger partial charge on any atom is 0.573 e. The van der Waals surface area contributed by atoms with Crippen LogP contribution in [0.3, 0.4) is 0 Å². The van der Waals surface area contributed by atoms with Gasteiger partial charge in [-0.2, -0.15) is 0 Å². The molecule has 2 aliphatic heterocycles. The summed E-state index contributed by atoms with van der Waals surface area (Å²) in [6, 6.07) is 50.0. The van der Waals surface area contributed by atoms with Crippen LogP contribution >= 0.6 is 0 Å².